The molecule has 4 nitrogen and oxygen atoms in total. The van der Waals surface area contributed by atoms with Gasteiger partial charge in [-0.3, -0.25) is 4.99 Å². The second-order valence-electron chi connectivity index (χ2n) is 4.91. The predicted molar refractivity (Wildman–Crippen MR) is 91.3 cm³/mol. The average Bonchev–Trinajstić information content (AvgIpc) is 2.82. The van der Waals surface area contributed by atoms with E-state index >= 15 is 0 Å². The molecule has 0 spiro atoms. The van der Waals surface area contributed by atoms with Crippen LogP contribution >= 0.6 is 35.7 Å². The Morgan fingerprint density at radius 1 is 1.44 bits per heavy atom. The van der Waals surface area contributed by atoms with Crippen molar-refractivity contribution in [1.29, 1.82) is 0 Å². The second-order valence-corrected chi connectivity index (χ2v) is 6.31. The number of nitrogens with one attached hydrogen (secondary N) is 2. The van der Waals surface area contributed by atoms with Crippen LogP contribution in [0.15, 0.2) is 4.99 Å². The van der Waals surface area contributed by atoms with Gasteiger partial charge in [0.1, 0.15) is 0 Å². The van der Waals surface area contributed by atoms with Crippen molar-refractivity contribution in [2.75, 3.05) is 33.0 Å². The van der Waals surface area contributed by atoms with Crippen molar-refractivity contribution in [1.82, 2.24) is 10.6 Å². The summed E-state index contributed by atoms with van der Waals surface area (Å²) in [4.78, 5) is 4.22. The lowest BCUT2D eigenvalue weighted by Gasteiger charge is -2.24. The topological polar surface area (TPSA) is 45.7 Å². The van der Waals surface area contributed by atoms with Gasteiger partial charge in [0.15, 0.2) is 5.96 Å². The van der Waals surface area contributed by atoms with Crippen molar-refractivity contribution < 1.29 is 4.74 Å². The van der Waals surface area contributed by atoms with E-state index in [0.717, 1.165) is 24.3 Å². The van der Waals surface area contributed by atoms with Crippen LogP contribution in [0.2, 0.25) is 0 Å². The van der Waals surface area contributed by atoms with Crippen LogP contribution in [0.25, 0.3) is 0 Å². The quantitative estimate of drug-likeness (QED) is 0.431. The Morgan fingerprint density at radius 3 is 2.67 bits per heavy atom. The SMILES string of the molecule is CN=C(NCC1CCCS1)NCC(C)(C)OC.I. The summed E-state index contributed by atoms with van der Waals surface area (Å²) >= 11 is 2.05. The third kappa shape index (κ3) is 7.04. The number of aliphatic imine (C=N–C) groups is 1. The van der Waals surface area contributed by atoms with E-state index in [1.807, 2.05) is 0 Å². The molecule has 0 amide bonds. The van der Waals surface area contributed by atoms with Gasteiger partial charge in [-0.05, 0) is 32.4 Å². The fourth-order valence-corrected chi connectivity index (χ4v) is 2.81. The zero-order valence-electron chi connectivity index (χ0n) is 11.8. The third-order valence-electron chi connectivity index (χ3n) is 2.98. The molecule has 1 aliphatic heterocycles. The molecule has 1 rings (SSSR count). The summed E-state index contributed by atoms with van der Waals surface area (Å²) < 4.78 is 5.36. The van der Waals surface area contributed by atoms with E-state index in [-0.39, 0.29) is 29.6 Å². The van der Waals surface area contributed by atoms with Gasteiger partial charge in [0.2, 0.25) is 0 Å². The summed E-state index contributed by atoms with van der Waals surface area (Å²) in [5.74, 6) is 2.16. The van der Waals surface area contributed by atoms with Crippen molar-refractivity contribution >= 4 is 41.7 Å². The van der Waals surface area contributed by atoms with Crippen molar-refractivity contribution in [3.8, 4) is 0 Å². The molecule has 0 aromatic rings. The molecule has 2 N–H and O–H groups in total. The summed E-state index contributed by atoms with van der Waals surface area (Å²) in [5.41, 5.74) is -0.167. The highest BCUT2D eigenvalue weighted by atomic mass is 127. The van der Waals surface area contributed by atoms with Gasteiger partial charge < -0.3 is 15.4 Å². The van der Waals surface area contributed by atoms with E-state index < -0.39 is 0 Å². The number of hydrogen-bond donors (Lipinski definition) is 2. The lowest BCUT2D eigenvalue weighted by Crippen LogP contribution is -2.46. The Hall–Kier alpha value is 0.310. The van der Waals surface area contributed by atoms with Crippen LogP contribution in [0.3, 0.4) is 0 Å². The predicted octanol–water partition coefficient (Wildman–Crippen LogP) is 2.09. The average molecular weight is 387 g/mol. The maximum atomic E-state index is 5.36. The van der Waals surface area contributed by atoms with Crippen LogP contribution < -0.4 is 10.6 Å². The smallest absolute Gasteiger partial charge is 0.191 e. The molecular formula is C12H26IN3OS. The van der Waals surface area contributed by atoms with E-state index in [0.29, 0.717) is 0 Å². The van der Waals surface area contributed by atoms with Crippen molar-refractivity contribution in [3.05, 3.63) is 0 Å². The summed E-state index contributed by atoms with van der Waals surface area (Å²) in [6.45, 7) is 5.86. The number of ether oxygens (including phenoxy) is 1. The number of rotatable bonds is 5. The van der Waals surface area contributed by atoms with E-state index in [1.165, 1.54) is 18.6 Å². The lowest BCUT2D eigenvalue weighted by molar-refractivity contribution is 0.0268. The number of methoxy groups -OCH3 is 1. The van der Waals surface area contributed by atoms with Crippen molar-refractivity contribution in [3.63, 3.8) is 0 Å². The van der Waals surface area contributed by atoms with Gasteiger partial charge in [-0.1, -0.05) is 0 Å². The Kier molecular flexibility index (Phi) is 9.41. The highest BCUT2D eigenvalue weighted by Gasteiger charge is 2.18. The molecule has 1 fully saturated rings. The van der Waals surface area contributed by atoms with Crippen LogP contribution in [-0.2, 0) is 4.74 Å². The first-order valence-electron chi connectivity index (χ1n) is 6.18. The summed E-state index contributed by atoms with van der Waals surface area (Å²) in [6.07, 6.45) is 2.66. The Morgan fingerprint density at radius 2 is 2.17 bits per heavy atom. The normalized spacial score (nSPS) is 20.4. The molecule has 1 unspecified atom stereocenters. The molecule has 0 bridgehead atoms. The van der Waals surface area contributed by atoms with E-state index in [1.54, 1.807) is 14.2 Å². The molecule has 6 heteroatoms. The molecule has 1 atom stereocenters. The largest absolute Gasteiger partial charge is 0.377 e. The minimum Gasteiger partial charge on any atom is -0.377 e. The minimum absolute atomic E-state index is 0. The number of hydrogen-bond acceptors (Lipinski definition) is 3. The zero-order valence-corrected chi connectivity index (χ0v) is 14.9. The number of guanidine groups is 1. The fraction of sp³-hybridized carbons (Fsp3) is 0.917. The highest BCUT2D eigenvalue weighted by molar-refractivity contribution is 14.0. The molecule has 18 heavy (non-hydrogen) atoms. The zero-order chi connectivity index (χ0) is 12.7. The van der Waals surface area contributed by atoms with Gasteiger partial charge in [0.05, 0.1) is 5.60 Å². The van der Waals surface area contributed by atoms with Crippen molar-refractivity contribution in [2.45, 2.75) is 37.5 Å². The Balaban J connectivity index is 0.00000289. The molecule has 0 aromatic carbocycles. The van der Waals surface area contributed by atoms with Crippen LogP contribution in [0.4, 0.5) is 0 Å². The molecule has 108 valence electrons. The molecule has 0 saturated carbocycles. The molecular weight excluding hydrogens is 361 g/mol. The van der Waals surface area contributed by atoms with Gasteiger partial charge in [0, 0.05) is 32.5 Å². The highest BCUT2D eigenvalue weighted by Crippen LogP contribution is 2.25. The first kappa shape index (κ1) is 18.3. The lowest BCUT2D eigenvalue weighted by atomic mass is 10.1. The Bertz CT molecular complexity index is 256. The maximum Gasteiger partial charge on any atom is 0.191 e. The maximum absolute atomic E-state index is 5.36. The monoisotopic (exact) mass is 387 g/mol. The number of halogens is 1. The summed E-state index contributed by atoms with van der Waals surface area (Å²) in [6, 6.07) is 0. The van der Waals surface area contributed by atoms with E-state index in [9.17, 15) is 0 Å². The van der Waals surface area contributed by atoms with Gasteiger partial charge in [-0.15, -0.1) is 24.0 Å². The number of nitrogens with zero attached hydrogens (tertiary/aromatic N) is 1. The Labute approximate surface area is 132 Å². The standard InChI is InChI=1S/C12H25N3OS.HI/c1-12(2,16-4)9-15-11(13-3)14-8-10-6-5-7-17-10;/h10H,5-9H2,1-4H3,(H2,13,14,15);1H. The molecule has 0 radical (unpaired) electrons. The van der Waals surface area contributed by atoms with Gasteiger partial charge in [0.25, 0.3) is 0 Å². The first-order valence-corrected chi connectivity index (χ1v) is 7.23. The van der Waals surface area contributed by atoms with E-state index in [2.05, 4.69) is 41.2 Å². The van der Waals surface area contributed by atoms with Crippen molar-refractivity contribution in [2.24, 2.45) is 4.99 Å². The van der Waals surface area contributed by atoms with Gasteiger partial charge in [-0.2, -0.15) is 11.8 Å². The van der Waals surface area contributed by atoms with Gasteiger partial charge in [-0.25, -0.2) is 0 Å². The molecule has 1 heterocycles. The third-order valence-corrected chi connectivity index (χ3v) is 4.38. The molecule has 0 aliphatic carbocycles. The van der Waals surface area contributed by atoms with Crippen LogP contribution in [-0.4, -0.2) is 49.8 Å². The second kappa shape index (κ2) is 9.25. The fourth-order valence-electron chi connectivity index (χ4n) is 1.61. The van der Waals surface area contributed by atoms with Gasteiger partial charge >= 0.3 is 0 Å². The summed E-state index contributed by atoms with van der Waals surface area (Å²) in [7, 11) is 3.53. The molecule has 1 aliphatic rings. The molecule has 1 saturated heterocycles. The van der Waals surface area contributed by atoms with Crippen LogP contribution in [0.1, 0.15) is 26.7 Å². The summed E-state index contributed by atoms with van der Waals surface area (Å²) in [5, 5.41) is 7.40. The first-order chi connectivity index (χ1) is 8.07. The molecule has 0 aromatic heterocycles. The van der Waals surface area contributed by atoms with Crippen LogP contribution in [0.5, 0.6) is 0 Å². The number of thioether (sulfide) groups is 1. The minimum atomic E-state index is -0.167. The van der Waals surface area contributed by atoms with Crippen LogP contribution in [0, 0.1) is 0 Å². The van der Waals surface area contributed by atoms with E-state index in [4.69, 9.17) is 4.74 Å².